The summed E-state index contributed by atoms with van der Waals surface area (Å²) in [7, 11) is 3.13. The molecule has 4 aromatic carbocycles. The highest BCUT2D eigenvalue weighted by atomic mass is 32.1. The predicted molar refractivity (Wildman–Crippen MR) is 161 cm³/mol. The summed E-state index contributed by atoms with van der Waals surface area (Å²) >= 11 is 1.30. The molecule has 1 aliphatic rings. The first kappa shape index (κ1) is 26.5. The Labute approximate surface area is 240 Å². The zero-order chi connectivity index (χ0) is 28.7. The van der Waals surface area contributed by atoms with Gasteiger partial charge >= 0.3 is 5.97 Å². The summed E-state index contributed by atoms with van der Waals surface area (Å²) in [5.41, 5.74) is 2.08. The maximum Gasteiger partial charge on any atom is 0.338 e. The van der Waals surface area contributed by atoms with Crippen LogP contribution in [0.3, 0.4) is 0 Å². The monoisotopic (exact) mass is 564 g/mol. The van der Waals surface area contributed by atoms with E-state index in [9.17, 15) is 9.59 Å². The number of ether oxygens (including phenoxy) is 3. The summed E-state index contributed by atoms with van der Waals surface area (Å²) in [6, 6.07) is 23.0. The molecule has 0 N–H and O–H groups in total. The second-order valence-corrected chi connectivity index (χ2v) is 10.7. The molecule has 6 rings (SSSR count). The van der Waals surface area contributed by atoms with Crippen LogP contribution in [0.25, 0.3) is 27.6 Å². The van der Waals surface area contributed by atoms with Crippen molar-refractivity contribution in [1.29, 1.82) is 0 Å². The molecule has 0 unspecified atom stereocenters. The van der Waals surface area contributed by atoms with Crippen LogP contribution >= 0.6 is 11.3 Å². The summed E-state index contributed by atoms with van der Waals surface area (Å²) in [6.07, 6.45) is 1.94. The van der Waals surface area contributed by atoms with Gasteiger partial charge in [0.25, 0.3) is 5.56 Å². The van der Waals surface area contributed by atoms with Crippen LogP contribution in [-0.2, 0) is 9.53 Å². The summed E-state index contributed by atoms with van der Waals surface area (Å²) in [4.78, 5) is 32.8. The number of fused-ring (bicyclic) bond motifs is 3. The maximum atomic E-state index is 14.3. The standard InChI is InChI=1S/C33H28N2O5S/c1-5-40-32(37)29-19(2)34-33-35(30(29)26-17-22(38-3)14-15-27(26)39-4)31(36)28(41-33)18-25-23-12-8-6-10-20(23)16-21-11-7-9-13-24(21)25/h6-18,30H,5H2,1-4H3/b28-18-/t30-/m1/s1. The first-order valence-corrected chi connectivity index (χ1v) is 14.1. The highest BCUT2D eigenvalue weighted by molar-refractivity contribution is 7.07. The number of allylic oxidation sites excluding steroid dienone is 1. The first-order valence-electron chi connectivity index (χ1n) is 13.3. The van der Waals surface area contributed by atoms with Crippen LogP contribution in [0.5, 0.6) is 11.5 Å². The second-order valence-electron chi connectivity index (χ2n) is 9.64. The average Bonchev–Trinajstić information content (AvgIpc) is 3.29. The minimum Gasteiger partial charge on any atom is -0.497 e. The SMILES string of the molecule is CCOC(=O)C1=C(C)N=c2s/c(=C\c3c4ccccc4cc4ccccc34)c(=O)n2[C@@H]1c1cc(OC)ccc1OC. The van der Waals surface area contributed by atoms with Crippen LogP contribution in [0, 0.1) is 0 Å². The highest BCUT2D eigenvalue weighted by Gasteiger charge is 2.35. The van der Waals surface area contributed by atoms with Crippen LogP contribution < -0.4 is 24.4 Å². The van der Waals surface area contributed by atoms with Crippen molar-refractivity contribution in [3.8, 4) is 11.5 Å². The van der Waals surface area contributed by atoms with Crippen LogP contribution in [0.15, 0.2) is 93.9 Å². The number of nitrogens with zero attached hydrogens (tertiary/aromatic N) is 2. The van der Waals surface area contributed by atoms with Crippen molar-refractivity contribution < 1.29 is 19.0 Å². The largest absolute Gasteiger partial charge is 0.497 e. The molecule has 0 radical (unpaired) electrons. The summed E-state index contributed by atoms with van der Waals surface area (Å²) in [5, 5.41) is 4.27. The molecule has 0 saturated carbocycles. The fourth-order valence-electron chi connectivity index (χ4n) is 5.47. The van der Waals surface area contributed by atoms with Gasteiger partial charge in [0.2, 0.25) is 0 Å². The molecule has 1 aliphatic heterocycles. The van der Waals surface area contributed by atoms with Gasteiger partial charge in [0.05, 0.1) is 36.6 Å². The Balaban J connectivity index is 1.67. The fourth-order valence-corrected chi connectivity index (χ4v) is 6.50. The van der Waals surface area contributed by atoms with Gasteiger partial charge in [0.15, 0.2) is 4.80 Å². The Morgan fingerprint density at radius 2 is 1.66 bits per heavy atom. The lowest BCUT2D eigenvalue weighted by molar-refractivity contribution is -0.139. The highest BCUT2D eigenvalue weighted by Crippen LogP contribution is 2.38. The quantitative estimate of drug-likeness (QED) is 0.211. The van der Waals surface area contributed by atoms with E-state index in [-0.39, 0.29) is 17.7 Å². The lowest BCUT2D eigenvalue weighted by Gasteiger charge is -2.26. The number of rotatable bonds is 6. The lowest BCUT2D eigenvalue weighted by Crippen LogP contribution is -2.40. The Morgan fingerprint density at radius 3 is 2.29 bits per heavy atom. The number of esters is 1. The van der Waals surface area contributed by atoms with Gasteiger partial charge in [-0.15, -0.1) is 0 Å². The normalized spacial score (nSPS) is 15.1. The van der Waals surface area contributed by atoms with Gasteiger partial charge in [0, 0.05) is 5.56 Å². The Kier molecular flexibility index (Phi) is 6.93. The van der Waals surface area contributed by atoms with E-state index in [0.717, 1.165) is 27.1 Å². The van der Waals surface area contributed by atoms with Gasteiger partial charge in [-0.05, 0) is 71.3 Å². The lowest BCUT2D eigenvalue weighted by atomic mass is 9.94. The van der Waals surface area contributed by atoms with Gasteiger partial charge in [-0.3, -0.25) is 9.36 Å². The molecule has 5 aromatic rings. The van der Waals surface area contributed by atoms with Crippen LogP contribution in [0.2, 0.25) is 0 Å². The van der Waals surface area contributed by atoms with Crippen molar-refractivity contribution >= 4 is 44.9 Å². The maximum absolute atomic E-state index is 14.3. The van der Waals surface area contributed by atoms with Crippen molar-refractivity contribution in [3.05, 3.63) is 115 Å². The van der Waals surface area contributed by atoms with Crippen molar-refractivity contribution in [2.45, 2.75) is 19.9 Å². The van der Waals surface area contributed by atoms with Crippen LogP contribution in [-0.4, -0.2) is 31.4 Å². The van der Waals surface area contributed by atoms with E-state index in [2.05, 4.69) is 30.3 Å². The minimum absolute atomic E-state index is 0.191. The molecule has 0 amide bonds. The van der Waals surface area contributed by atoms with Gasteiger partial charge in [-0.25, -0.2) is 9.79 Å². The first-order chi connectivity index (χ1) is 19.9. The second kappa shape index (κ2) is 10.7. The smallest absolute Gasteiger partial charge is 0.338 e. The molecular weight excluding hydrogens is 536 g/mol. The number of aromatic nitrogens is 1. The van der Waals surface area contributed by atoms with E-state index in [4.69, 9.17) is 19.2 Å². The van der Waals surface area contributed by atoms with Crippen molar-refractivity contribution in [2.24, 2.45) is 4.99 Å². The zero-order valence-electron chi connectivity index (χ0n) is 23.1. The molecule has 8 heteroatoms. The third kappa shape index (κ3) is 4.50. The number of hydrogen-bond donors (Lipinski definition) is 0. The molecule has 0 bridgehead atoms. The molecule has 0 spiro atoms. The van der Waals surface area contributed by atoms with Crippen LogP contribution in [0.1, 0.15) is 31.0 Å². The molecule has 1 aromatic heterocycles. The molecule has 7 nitrogen and oxygen atoms in total. The van der Waals surface area contributed by atoms with Gasteiger partial charge in [-0.2, -0.15) is 0 Å². The molecule has 2 heterocycles. The third-order valence-electron chi connectivity index (χ3n) is 7.34. The van der Waals surface area contributed by atoms with E-state index in [0.29, 0.717) is 32.1 Å². The van der Waals surface area contributed by atoms with E-state index in [1.165, 1.54) is 11.3 Å². The molecule has 41 heavy (non-hydrogen) atoms. The molecular formula is C33H28N2O5S. The Hall–Kier alpha value is -4.69. The zero-order valence-corrected chi connectivity index (χ0v) is 24.0. The van der Waals surface area contributed by atoms with Gasteiger partial charge in [-0.1, -0.05) is 59.9 Å². The average molecular weight is 565 g/mol. The van der Waals surface area contributed by atoms with E-state index in [1.54, 1.807) is 50.8 Å². The van der Waals surface area contributed by atoms with Gasteiger partial charge < -0.3 is 14.2 Å². The topological polar surface area (TPSA) is 79.1 Å². The molecule has 1 atom stereocenters. The van der Waals surface area contributed by atoms with E-state index < -0.39 is 12.0 Å². The number of carbonyl (C=O) groups is 1. The van der Waals surface area contributed by atoms with Crippen LogP contribution in [0.4, 0.5) is 0 Å². The summed E-state index contributed by atoms with van der Waals surface area (Å²) < 4.78 is 18.7. The number of methoxy groups -OCH3 is 2. The predicted octanol–water partition coefficient (Wildman–Crippen LogP) is 5.12. The number of hydrogen-bond acceptors (Lipinski definition) is 7. The van der Waals surface area contributed by atoms with Gasteiger partial charge in [0.1, 0.15) is 17.5 Å². The number of benzene rings is 4. The molecule has 0 aliphatic carbocycles. The number of thiazole rings is 1. The van der Waals surface area contributed by atoms with E-state index >= 15 is 0 Å². The van der Waals surface area contributed by atoms with Crippen molar-refractivity contribution in [2.75, 3.05) is 20.8 Å². The van der Waals surface area contributed by atoms with Crippen molar-refractivity contribution in [3.63, 3.8) is 0 Å². The Morgan fingerprint density at radius 1 is 0.976 bits per heavy atom. The summed E-state index contributed by atoms with van der Waals surface area (Å²) in [5.74, 6) is 0.558. The number of carbonyl (C=O) groups excluding carboxylic acids is 1. The molecule has 206 valence electrons. The Bertz CT molecular complexity index is 2000. The fraction of sp³-hybridized carbons (Fsp3) is 0.182. The third-order valence-corrected chi connectivity index (χ3v) is 8.32. The van der Waals surface area contributed by atoms with Crippen molar-refractivity contribution in [1.82, 2.24) is 4.57 Å². The molecule has 0 fully saturated rings. The molecule has 0 saturated heterocycles. The minimum atomic E-state index is -0.818. The summed E-state index contributed by atoms with van der Waals surface area (Å²) in [6.45, 7) is 3.70. The van der Waals surface area contributed by atoms with E-state index in [1.807, 2.05) is 30.3 Å².